The van der Waals surface area contributed by atoms with Gasteiger partial charge in [0.25, 0.3) is 5.91 Å². The van der Waals surface area contributed by atoms with Crippen LogP contribution in [0.3, 0.4) is 0 Å². The van der Waals surface area contributed by atoms with Gasteiger partial charge in [-0.25, -0.2) is 9.97 Å². The molecule has 7 nitrogen and oxygen atoms in total. The molecule has 2 aliphatic rings. The molecule has 7 heteroatoms. The predicted molar refractivity (Wildman–Crippen MR) is 110 cm³/mol. The summed E-state index contributed by atoms with van der Waals surface area (Å²) in [6, 6.07) is 16.1. The first kappa shape index (κ1) is 18.0. The summed E-state index contributed by atoms with van der Waals surface area (Å²) in [5.41, 5.74) is 2.65. The van der Waals surface area contributed by atoms with E-state index in [1.807, 2.05) is 12.1 Å². The first-order chi connectivity index (χ1) is 14.3. The first-order valence-corrected chi connectivity index (χ1v) is 10.0. The molecular weight excluding hydrogens is 364 g/mol. The van der Waals surface area contributed by atoms with Crippen LogP contribution in [-0.4, -0.2) is 51.9 Å². The number of amides is 1. The van der Waals surface area contributed by atoms with E-state index in [4.69, 9.17) is 4.98 Å². The highest BCUT2D eigenvalue weighted by atomic mass is 16.1. The molecule has 0 aliphatic carbocycles. The number of rotatable bonds is 4. The second-order valence-electron chi connectivity index (χ2n) is 7.56. The van der Waals surface area contributed by atoms with Gasteiger partial charge >= 0.3 is 0 Å². The van der Waals surface area contributed by atoms with Crippen molar-refractivity contribution in [3.63, 3.8) is 0 Å². The van der Waals surface area contributed by atoms with Crippen LogP contribution in [-0.2, 0) is 13.1 Å². The van der Waals surface area contributed by atoms with Crippen LogP contribution in [0.2, 0.25) is 0 Å². The van der Waals surface area contributed by atoms with E-state index in [0.29, 0.717) is 23.3 Å². The van der Waals surface area contributed by atoms with Crippen molar-refractivity contribution in [2.24, 2.45) is 10.2 Å². The topological polar surface area (TPSA) is 74.1 Å². The zero-order valence-electron chi connectivity index (χ0n) is 16.2. The molecule has 5 rings (SSSR count). The Bertz CT molecular complexity index is 1080. The lowest BCUT2D eigenvalue weighted by Gasteiger charge is -2.21. The van der Waals surface area contributed by atoms with E-state index in [1.54, 1.807) is 6.07 Å². The summed E-state index contributed by atoms with van der Waals surface area (Å²) in [5, 5.41) is 8.45. The molecule has 1 fully saturated rings. The molecule has 0 bridgehead atoms. The summed E-state index contributed by atoms with van der Waals surface area (Å²) in [4.78, 5) is 26.2. The summed E-state index contributed by atoms with van der Waals surface area (Å²) in [6.07, 6.45) is 1.12. The van der Waals surface area contributed by atoms with Crippen LogP contribution in [0.1, 0.15) is 28.2 Å². The second-order valence-corrected chi connectivity index (χ2v) is 7.56. The molecule has 2 aliphatic heterocycles. The van der Waals surface area contributed by atoms with Gasteiger partial charge in [0.15, 0.2) is 5.82 Å². The van der Waals surface area contributed by atoms with E-state index in [1.165, 1.54) is 5.56 Å². The zero-order chi connectivity index (χ0) is 19.6. The molecule has 0 N–H and O–H groups in total. The number of carbonyl (C=O) groups excluding carboxylic acids is 1. The average Bonchev–Trinajstić information content (AvgIpc) is 2.96. The molecule has 1 aromatic heterocycles. The predicted octanol–water partition coefficient (Wildman–Crippen LogP) is 3.58. The van der Waals surface area contributed by atoms with Crippen molar-refractivity contribution >= 4 is 22.6 Å². The molecule has 0 radical (unpaired) electrons. The molecule has 0 unspecified atom stereocenters. The summed E-state index contributed by atoms with van der Waals surface area (Å²) in [5.74, 6) is 0.903. The maximum absolute atomic E-state index is 11.9. The number of benzene rings is 2. The summed E-state index contributed by atoms with van der Waals surface area (Å²) in [7, 11) is 0. The monoisotopic (exact) mass is 386 g/mol. The van der Waals surface area contributed by atoms with Gasteiger partial charge in [-0.3, -0.25) is 14.6 Å². The molecular formula is C22H22N6O. The largest absolute Gasteiger partial charge is 0.298 e. The number of nitrogens with zero attached hydrogens (tertiary/aromatic N) is 6. The zero-order valence-corrected chi connectivity index (χ0v) is 16.2. The van der Waals surface area contributed by atoms with Gasteiger partial charge in [-0.15, -0.1) is 10.2 Å². The molecule has 1 saturated heterocycles. The summed E-state index contributed by atoms with van der Waals surface area (Å²) >= 11 is 0. The Morgan fingerprint density at radius 1 is 0.793 bits per heavy atom. The van der Waals surface area contributed by atoms with Crippen molar-refractivity contribution in [1.29, 1.82) is 0 Å². The van der Waals surface area contributed by atoms with Gasteiger partial charge in [0.05, 0.1) is 23.0 Å². The third-order valence-corrected chi connectivity index (χ3v) is 5.51. The molecule has 29 heavy (non-hydrogen) atoms. The van der Waals surface area contributed by atoms with Crippen molar-refractivity contribution in [1.82, 2.24) is 19.8 Å². The van der Waals surface area contributed by atoms with E-state index >= 15 is 0 Å². The number of hydrogen-bond acceptors (Lipinski definition) is 6. The standard InChI is InChI=1S/C22H22N6O/c29-22-17-8-4-9-18-20(17)21(25-26-22)24-19(23-18)15-28-11-5-10-27(12-13-28)14-16-6-2-1-3-7-16/h1-4,6-9H,5,10-15H2. The maximum atomic E-state index is 11.9. The highest BCUT2D eigenvalue weighted by Crippen LogP contribution is 2.31. The lowest BCUT2D eigenvalue weighted by atomic mass is 10.1. The molecule has 1 amide bonds. The lowest BCUT2D eigenvalue weighted by Crippen LogP contribution is -2.30. The SMILES string of the molecule is O=C1N=Nc2nc(CN3CCCN(Cc4ccccc4)CC3)nc3cccc1c23. The molecule has 0 atom stereocenters. The van der Waals surface area contributed by atoms with Gasteiger partial charge in [0, 0.05) is 19.6 Å². The number of aromatic nitrogens is 2. The Labute approximate surface area is 169 Å². The van der Waals surface area contributed by atoms with Gasteiger partial charge in [0.1, 0.15) is 5.82 Å². The molecule has 0 spiro atoms. The maximum Gasteiger partial charge on any atom is 0.296 e. The number of carbonyl (C=O) groups is 1. The van der Waals surface area contributed by atoms with Gasteiger partial charge < -0.3 is 0 Å². The van der Waals surface area contributed by atoms with E-state index in [-0.39, 0.29) is 5.91 Å². The Morgan fingerprint density at radius 3 is 2.41 bits per heavy atom. The van der Waals surface area contributed by atoms with Crippen LogP contribution in [0.25, 0.3) is 10.9 Å². The Hall–Kier alpha value is -3.03. The molecule has 2 aromatic carbocycles. The Balaban J connectivity index is 1.30. The summed E-state index contributed by atoms with van der Waals surface area (Å²) in [6.45, 7) is 5.77. The van der Waals surface area contributed by atoms with Crippen molar-refractivity contribution in [2.75, 3.05) is 26.2 Å². The van der Waals surface area contributed by atoms with Gasteiger partial charge in [-0.2, -0.15) is 0 Å². The van der Waals surface area contributed by atoms with E-state index < -0.39 is 0 Å². The molecule has 3 heterocycles. The summed E-state index contributed by atoms with van der Waals surface area (Å²) < 4.78 is 0. The average molecular weight is 386 g/mol. The fraction of sp³-hybridized carbons (Fsp3) is 0.318. The minimum absolute atomic E-state index is 0.328. The van der Waals surface area contributed by atoms with Gasteiger partial charge in [0.2, 0.25) is 0 Å². The lowest BCUT2D eigenvalue weighted by molar-refractivity contribution is 0.0995. The van der Waals surface area contributed by atoms with Gasteiger partial charge in [-0.1, -0.05) is 36.4 Å². The highest BCUT2D eigenvalue weighted by Gasteiger charge is 2.21. The van der Waals surface area contributed by atoms with Crippen molar-refractivity contribution in [2.45, 2.75) is 19.5 Å². The van der Waals surface area contributed by atoms with Crippen molar-refractivity contribution in [3.8, 4) is 0 Å². The minimum Gasteiger partial charge on any atom is -0.298 e. The smallest absolute Gasteiger partial charge is 0.296 e. The molecule has 146 valence electrons. The fourth-order valence-corrected chi connectivity index (χ4v) is 4.06. The molecule has 3 aromatic rings. The Morgan fingerprint density at radius 2 is 1.59 bits per heavy atom. The van der Waals surface area contributed by atoms with Crippen molar-refractivity contribution in [3.05, 3.63) is 65.5 Å². The van der Waals surface area contributed by atoms with Crippen LogP contribution in [0, 0.1) is 0 Å². The van der Waals surface area contributed by atoms with Gasteiger partial charge in [-0.05, 0) is 37.2 Å². The second kappa shape index (κ2) is 7.77. The Kier molecular flexibility index (Phi) is 4.83. The normalized spacial score (nSPS) is 17.6. The van der Waals surface area contributed by atoms with Crippen LogP contribution in [0.5, 0.6) is 0 Å². The van der Waals surface area contributed by atoms with Crippen molar-refractivity contribution < 1.29 is 4.79 Å². The van der Waals surface area contributed by atoms with E-state index in [2.05, 4.69) is 55.3 Å². The minimum atomic E-state index is -0.328. The van der Waals surface area contributed by atoms with Crippen LogP contribution in [0.4, 0.5) is 5.82 Å². The van der Waals surface area contributed by atoms with E-state index in [9.17, 15) is 4.79 Å². The first-order valence-electron chi connectivity index (χ1n) is 10.0. The third-order valence-electron chi connectivity index (χ3n) is 5.51. The number of hydrogen-bond donors (Lipinski definition) is 0. The highest BCUT2D eigenvalue weighted by molar-refractivity contribution is 6.11. The van der Waals surface area contributed by atoms with E-state index in [0.717, 1.165) is 50.5 Å². The van der Waals surface area contributed by atoms with Crippen LogP contribution >= 0.6 is 0 Å². The quantitative estimate of drug-likeness (QED) is 0.685. The van der Waals surface area contributed by atoms with Crippen LogP contribution in [0.15, 0.2) is 58.8 Å². The third kappa shape index (κ3) is 3.79. The fourth-order valence-electron chi connectivity index (χ4n) is 4.06. The molecule has 0 saturated carbocycles. The number of azo groups is 1. The van der Waals surface area contributed by atoms with Crippen LogP contribution < -0.4 is 0 Å².